The van der Waals surface area contributed by atoms with E-state index in [1.165, 1.54) is 17.7 Å². The van der Waals surface area contributed by atoms with Gasteiger partial charge >= 0.3 is 5.97 Å². The summed E-state index contributed by atoms with van der Waals surface area (Å²) in [6.07, 6.45) is 1.04. The van der Waals surface area contributed by atoms with Crippen molar-refractivity contribution in [3.63, 3.8) is 0 Å². The standard InChI is InChI=1S/C23H22BrFN2O3/c1-15-20(21(28)26-19-8-7-17(24)13-18(19)25)23(30-22(15)29)9-11-27(12-10-23)14-16-5-3-2-4-6-16/h2-8,13H,9-12,14H2,1H3,(H,26,28). The lowest BCUT2D eigenvalue weighted by Gasteiger charge is -2.39. The molecular formula is C23H22BrFN2O3. The van der Waals surface area contributed by atoms with Crippen molar-refractivity contribution in [2.45, 2.75) is 31.9 Å². The van der Waals surface area contributed by atoms with Gasteiger partial charge in [0.05, 0.1) is 11.3 Å². The van der Waals surface area contributed by atoms with Gasteiger partial charge in [-0.05, 0) is 30.7 Å². The smallest absolute Gasteiger partial charge is 0.335 e. The molecule has 7 heteroatoms. The van der Waals surface area contributed by atoms with Gasteiger partial charge in [0.2, 0.25) is 0 Å². The molecule has 0 bridgehead atoms. The fraction of sp³-hybridized carbons (Fsp3) is 0.304. The summed E-state index contributed by atoms with van der Waals surface area (Å²) in [5, 5.41) is 2.61. The number of esters is 1. The lowest BCUT2D eigenvalue weighted by atomic mass is 9.82. The minimum absolute atomic E-state index is 0.0690. The number of hydrogen-bond donors (Lipinski definition) is 1. The molecule has 1 fully saturated rings. The summed E-state index contributed by atoms with van der Waals surface area (Å²) in [5.41, 5.74) is 0.937. The first kappa shape index (κ1) is 20.8. The van der Waals surface area contributed by atoms with Crippen LogP contribution in [0, 0.1) is 5.82 Å². The molecule has 2 aromatic rings. The number of rotatable bonds is 4. The van der Waals surface area contributed by atoms with Gasteiger partial charge in [-0.25, -0.2) is 9.18 Å². The molecule has 0 radical (unpaired) electrons. The van der Waals surface area contributed by atoms with Crippen molar-refractivity contribution in [2.24, 2.45) is 0 Å². The number of benzene rings is 2. The van der Waals surface area contributed by atoms with Crippen molar-refractivity contribution in [2.75, 3.05) is 18.4 Å². The highest BCUT2D eigenvalue weighted by molar-refractivity contribution is 9.10. The van der Waals surface area contributed by atoms with E-state index in [1.807, 2.05) is 18.2 Å². The Bertz CT molecular complexity index is 1010. The van der Waals surface area contributed by atoms with E-state index in [4.69, 9.17) is 4.74 Å². The molecular weight excluding hydrogens is 451 g/mol. The molecule has 2 aliphatic heterocycles. The summed E-state index contributed by atoms with van der Waals surface area (Å²) < 4.78 is 20.5. The zero-order chi connectivity index (χ0) is 21.3. The Balaban J connectivity index is 1.51. The Labute approximate surface area is 183 Å². The number of hydrogen-bond acceptors (Lipinski definition) is 4. The largest absolute Gasteiger partial charge is 0.450 e. The number of carbonyl (C=O) groups is 2. The molecule has 2 aliphatic rings. The highest BCUT2D eigenvalue weighted by Crippen LogP contribution is 2.41. The summed E-state index contributed by atoms with van der Waals surface area (Å²) in [5.74, 6) is -1.52. The molecule has 0 unspecified atom stereocenters. The molecule has 0 atom stereocenters. The minimum Gasteiger partial charge on any atom is -0.450 e. The van der Waals surface area contributed by atoms with Crippen LogP contribution in [0.3, 0.4) is 0 Å². The summed E-state index contributed by atoms with van der Waals surface area (Å²) in [6, 6.07) is 14.6. The number of anilines is 1. The second-order valence-corrected chi connectivity index (χ2v) is 8.64. The highest BCUT2D eigenvalue weighted by Gasteiger charge is 2.50. The van der Waals surface area contributed by atoms with Gasteiger partial charge in [0.1, 0.15) is 11.4 Å². The average molecular weight is 473 g/mol. The molecule has 5 nitrogen and oxygen atoms in total. The minimum atomic E-state index is -0.954. The van der Waals surface area contributed by atoms with Crippen molar-refractivity contribution < 1.29 is 18.7 Å². The number of halogens is 2. The molecule has 1 N–H and O–H groups in total. The SMILES string of the molecule is CC1=C(C(=O)Nc2ccc(Br)cc2F)C2(CCN(Cc3ccccc3)CC2)OC1=O. The van der Waals surface area contributed by atoms with Crippen LogP contribution in [0.2, 0.25) is 0 Å². The van der Waals surface area contributed by atoms with Crippen LogP contribution < -0.4 is 5.32 Å². The van der Waals surface area contributed by atoms with Crippen LogP contribution in [0.25, 0.3) is 0 Å². The van der Waals surface area contributed by atoms with Gasteiger partial charge in [0.15, 0.2) is 0 Å². The van der Waals surface area contributed by atoms with Crippen LogP contribution in [0.15, 0.2) is 64.1 Å². The van der Waals surface area contributed by atoms with Crippen molar-refractivity contribution in [1.82, 2.24) is 4.90 Å². The molecule has 1 amide bonds. The van der Waals surface area contributed by atoms with E-state index in [-0.39, 0.29) is 5.69 Å². The van der Waals surface area contributed by atoms with Gasteiger partial charge in [-0.2, -0.15) is 0 Å². The highest BCUT2D eigenvalue weighted by atomic mass is 79.9. The topological polar surface area (TPSA) is 58.6 Å². The third-order valence-corrected chi connectivity index (χ3v) is 6.24. The summed E-state index contributed by atoms with van der Waals surface area (Å²) >= 11 is 3.20. The van der Waals surface area contributed by atoms with Crippen LogP contribution in [-0.4, -0.2) is 35.5 Å². The number of carbonyl (C=O) groups excluding carboxylic acids is 2. The quantitative estimate of drug-likeness (QED) is 0.668. The monoisotopic (exact) mass is 472 g/mol. The van der Waals surface area contributed by atoms with Gasteiger partial charge < -0.3 is 10.1 Å². The maximum absolute atomic E-state index is 14.2. The van der Waals surface area contributed by atoms with Crippen molar-refractivity contribution in [3.05, 3.63) is 75.5 Å². The maximum Gasteiger partial charge on any atom is 0.335 e. The zero-order valence-electron chi connectivity index (χ0n) is 16.6. The maximum atomic E-state index is 14.2. The normalized spacial score (nSPS) is 18.6. The number of likely N-dealkylation sites (tertiary alicyclic amines) is 1. The number of nitrogens with zero attached hydrogens (tertiary/aromatic N) is 1. The Kier molecular flexibility index (Phi) is 5.75. The van der Waals surface area contributed by atoms with Crippen LogP contribution in [0.4, 0.5) is 10.1 Å². The van der Waals surface area contributed by atoms with Crippen LogP contribution in [0.5, 0.6) is 0 Å². The summed E-state index contributed by atoms with van der Waals surface area (Å²) in [7, 11) is 0. The van der Waals surface area contributed by atoms with E-state index in [0.29, 0.717) is 41.6 Å². The average Bonchev–Trinajstić information content (AvgIpc) is 2.96. The van der Waals surface area contributed by atoms with Crippen LogP contribution in [0.1, 0.15) is 25.3 Å². The third kappa shape index (κ3) is 4.04. The van der Waals surface area contributed by atoms with Gasteiger partial charge in [-0.15, -0.1) is 0 Å². The van der Waals surface area contributed by atoms with E-state index in [2.05, 4.69) is 38.3 Å². The Morgan fingerprint density at radius 1 is 1.20 bits per heavy atom. The molecule has 30 heavy (non-hydrogen) atoms. The van der Waals surface area contributed by atoms with Crippen molar-refractivity contribution >= 4 is 33.5 Å². The number of amides is 1. The molecule has 156 valence electrons. The Morgan fingerprint density at radius 3 is 2.57 bits per heavy atom. The molecule has 1 spiro atoms. The summed E-state index contributed by atoms with van der Waals surface area (Å²) in [6.45, 7) is 3.79. The number of piperidine rings is 1. The number of nitrogens with one attached hydrogen (secondary N) is 1. The van der Waals surface area contributed by atoms with Crippen molar-refractivity contribution in [1.29, 1.82) is 0 Å². The molecule has 2 aromatic carbocycles. The molecule has 0 aromatic heterocycles. The fourth-order valence-electron chi connectivity index (χ4n) is 4.17. The predicted octanol–water partition coefficient (Wildman–Crippen LogP) is 4.43. The predicted molar refractivity (Wildman–Crippen MR) is 115 cm³/mol. The molecule has 1 saturated heterocycles. The lowest BCUT2D eigenvalue weighted by Crippen LogP contribution is -2.47. The molecule has 2 heterocycles. The number of ether oxygens (including phenoxy) is 1. The lowest BCUT2D eigenvalue weighted by molar-refractivity contribution is -0.150. The van der Waals surface area contributed by atoms with E-state index in [0.717, 1.165) is 6.54 Å². The second kappa shape index (κ2) is 8.32. The van der Waals surface area contributed by atoms with Gasteiger partial charge in [-0.1, -0.05) is 46.3 Å². The van der Waals surface area contributed by atoms with E-state index in [9.17, 15) is 14.0 Å². The summed E-state index contributed by atoms with van der Waals surface area (Å²) in [4.78, 5) is 27.7. The zero-order valence-corrected chi connectivity index (χ0v) is 18.2. The molecule has 0 saturated carbocycles. The molecule has 4 rings (SSSR count). The van der Waals surface area contributed by atoms with E-state index in [1.54, 1.807) is 13.0 Å². The first-order valence-corrected chi connectivity index (χ1v) is 10.6. The Hall–Kier alpha value is -2.51. The van der Waals surface area contributed by atoms with Gasteiger partial charge in [0.25, 0.3) is 5.91 Å². The van der Waals surface area contributed by atoms with Gasteiger partial charge in [-0.3, -0.25) is 9.69 Å². The first-order chi connectivity index (χ1) is 14.4. The van der Waals surface area contributed by atoms with E-state index >= 15 is 0 Å². The van der Waals surface area contributed by atoms with E-state index < -0.39 is 23.3 Å². The Morgan fingerprint density at radius 2 is 1.90 bits per heavy atom. The second-order valence-electron chi connectivity index (χ2n) is 7.72. The molecule has 0 aliphatic carbocycles. The van der Waals surface area contributed by atoms with Crippen molar-refractivity contribution in [3.8, 4) is 0 Å². The van der Waals surface area contributed by atoms with Gasteiger partial charge in [0, 0.05) is 42.5 Å². The van der Waals surface area contributed by atoms with Crippen LogP contribution >= 0.6 is 15.9 Å². The third-order valence-electron chi connectivity index (χ3n) is 5.74. The fourth-order valence-corrected chi connectivity index (χ4v) is 4.50. The van der Waals surface area contributed by atoms with Crippen LogP contribution in [-0.2, 0) is 20.9 Å². The first-order valence-electron chi connectivity index (χ1n) is 9.85.